The molecule has 0 radical (unpaired) electrons. The number of alkyl halides is 1. The molecule has 12 heteroatoms. The molecule has 5 aliphatic rings. The van der Waals surface area contributed by atoms with E-state index >= 15 is 8.78 Å². The SMILES string of the molecule is CC(C)[Si](C#Cc1c(F)ccc2cccc(-c3cc4c5c(nc(OC[C@@]67CCCN6C[C@H](F)C7)nc5c3F)N3C[C@H]5CC[C@@H]([C@H]3CCC4)N5C(=O)OC(C)(C)C)c12)(C(C)C)C(C)C. The van der Waals surface area contributed by atoms with Gasteiger partial charge < -0.3 is 14.4 Å². The Bertz CT molecular complexity index is 2490. The van der Waals surface area contributed by atoms with Crippen molar-refractivity contribution in [1.29, 1.82) is 0 Å². The molecule has 0 N–H and O–H groups in total. The molecule has 4 saturated heterocycles. The smallest absolute Gasteiger partial charge is 0.410 e. The number of fused-ring (bicyclic) bond motifs is 7. The van der Waals surface area contributed by atoms with Crippen molar-refractivity contribution in [3.63, 3.8) is 0 Å². The van der Waals surface area contributed by atoms with Gasteiger partial charge in [-0.15, -0.1) is 5.54 Å². The Hall–Kier alpha value is -4.34. The Labute approximate surface area is 372 Å². The molecule has 0 saturated carbocycles. The third kappa shape index (κ3) is 7.47. The van der Waals surface area contributed by atoms with Gasteiger partial charge >= 0.3 is 12.1 Å². The summed E-state index contributed by atoms with van der Waals surface area (Å²) in [6, 6.07) is 10.6. The lowest BCUT2D eigenvalue weighted by Gasteiger charge is -2.48. The minimum absolute atomic E-state index is 0.0529. The Kier molecular flexibility index (Phi) is 11.3. The number of carbonyl (C=O) groups is 1. The average molecular weight is 880 g/mol. The molecule has 0 spiro atoms. The van der Waals surface area contributed by atoms with Crippen LogP contribution < -0.4 is 9.64 Å². The first kappa shape index (κ1) is 43.9. The highest BCUT2D eigenvalue weighted by Crippen LogP contribution is 2.47. The van der Waals surface area contributed by atoms with Crippen molar-refractivity contribution in [2.75, 3.05) is 31.1 Å². The molecule has 5 aliphatic heterocycles. The summed E-state index contributed by atoms with van der Waals surface area (Å²) in [7, 11) is -2.26. The van der Waals surface area contributed by atoms with Gasteiger partial charge in [0.1, 0.15) is 43.6 Å². The molecule has 0 aliphatic carbocycles. The average Bonchev–Trinajstić information content (AvgIpc) is 3.86. The molecule has 1 aromatic heterocycles. The summed E-state index contributed by atoms with van der Waals surface area (Å²) in [5.41, 5.74) is 5.94. The molecule has 5 atom stereocenters. The lowest BCUT2D eigenvalue weighted by Crippen LogP contribution is -2.62. The van der Waals surface area contributed by atoms with Crippen LogP contribution >= 0.6 is 0 Å². The van der Waals surface area contributed by atoms with Crippen LogP contribution in [-0.2, 0) is 11.2 Å². The largest absolute Gasteiger partial charge is 0.461 e. The van der Waals surface area contributed by atoms with Crippen molar-refractivity contribution in [2.24, 2.45) is 0 Å². The first-order valence-electron chi connectivity index (χ1n) is 23.5. The van der Waals surface area contributed by atoms with Crippen LogP contribution in [0.15, 0.2) is 36.4 Å². The molecule has 1 amide bonds. The fraction of sp³-hybridized carbons (Fsp3) is 0.588. The second kappa shape index (κ2) is 16.3. The Morgan fingerprint density at radius 2 is 1.70 bits per heavy atom. The van der Waals surface area contributed by atoms with Crippen molar-refractivity contribution in [3.05, 3.63) is 59.2 Å². The van der Waals surface area contributed by atoms with Gasteiger partial charge in [-0.1, -0.05) is 71.7 Å². The molecule has 3 aromatic carbocycles. The quantitative estimate of drug-likeness (QED) is 0.135. The minimum atomic E-state index is -2.26. The molecule has 4 fully saturated rings. The number of piperazine rings is 1. The number of hydrogen-bond acceptors (Lipinski definition) is 7. The number of hydrogen-bond donors (Lipinski definition) is 0. The number of rotatable bonds is 7. The zero-order valence-electron chi connectivity index (χ0n) is 38.6. The molecular formula is C51H64F3N5O3Si. The van der Waals surface area contributed by atoms with Gasteiger partial charge in [-0.2, -0.15) is 9.97 Å². The number of benzene rings is 3. The van der Waals surface area contributed by atoms with Crippen LogP contribution in [0, 0.1) is 23.1 Å². The fourth-order valence-corrected chi connectivity index (χ4v) is 17.9. The number of anilines is 1. The van der Waals surface area contributed by atoms with Crippen LogP contribution in [-0.4, -0.2) is 95.6 Å². The molecular weight excluding hydrogens is 816 g/mol. The van der Waals surface area contributed by atoms with Crippen LogP contribution in [0.1, 0.15) is 118 Å². The topological polar surface area (TPSA) is 71.0 Å². The van der Waals surface area contributed by atoms with E-state index in [1.807, 2.05) is 49.9 Å². The van der Waals surface area contributed by atoms with Gasteiger partial charge in [0.05, 0.1) is 29.2 Å². The molecule has 9 rings (SSSR count). The Morgan fingerprint density at radius 1 is 0.937 bits per heavy atom. The summed E-state index contributed by atoms with van der Waals surface area (Å²) in [5.74, 6) is 3.05. The third-order valence-electron chi connectivity index (χ3n) is 15.4. The van der Waals surface area contributed by atoms with Gasteiger partial charge in [-0.05, 0) is 118 Å². The molecule has 0 unspecified atom stereocenters. The maximum absolute atomic E-state index is 18.0. The van der Waals surface area contributed by atoms with E-state index in [2.05, 4.69) is 62.8 Å². The highest BCUT2D eigenvalue weighted by Gasteiger charge is 2.52. The lowest BCUT2D eigenvalue weighted by molar-refractivity contribution is 0.00699. The Morgan fingerprint density at radius 3 is 2.43 bits per heavy atom. The van der Waals surface area contributed by atoms with Crippen molar-refractivity contribution in [1.82, 2.24) is 19.8 Å². The van der Waals surface area contributed by atoms with Crippen molar-refractivity contribution in [3.8, 4) is 28.6 Å². The van der Waals surface area contributed by atoms with Gasteiger partial charge in [0.2, 0.25) is 0 Å². The number of halogens is 3. The number of carbonyl (C=O) groups excluding carboxylic acids is 1. The second-order valence-electron chi connectivity index (χ2n) is 21.1. The first-order valence-corrected chi connectivity index (χ1v) is 25.7. The first-order chi connectivity index (χ1) is 29.9. The van der Waals surface area contributed by atoms with Crippen LogP contribution in [0.3, 0.4) is 0 Å². The summed E-state index contributed by atoms with van der Waals surface area (Å²) in [4.78, 5) is 30.2. The standard InChI is InChI=1S/C51H64F3N5O3Si/c1-30(2)63(31(3)4,32(5)6)24-21-38-40(53)19-17-33-13-10-15-37(43(33)38)39-25-34-14-11-16-41-42-20-18-36(59(42)49(60)62-50(7,8)9)28-58(41)47-44(34)46(45(39)54)55-48(56-47)61-29-51-22-12-23-57(51)27-35(52)26-51/h10,13,15,17,19,25,30-32,35-36,41-42H,11-12,14,16,18,20,22-23,26-29H2,1-9H3/t35-,36-,41-,42+,51+/m1/s1. The van der Waals surface area contributed by atoms with Crippen molar-refractivity contribution < 1.29 is 27.4 Å². The minimum Gasteiger partial charge on any atom is -0.461 e. The van der Waals surface area contributed by atoms with Crippen LogP contribution in [0.4, 0.5) is 23.8 Å². The molecule has 6 heterocycles. The van der Waals surface area contributed by atoms with Crippen LogP contribution in [0.5, 0.6) is 6.01 Å². The maximum atomic E-state index is 18.0. The van der Waals surface area contributed by atoms with E-state index in [4.69, 9.17) is 19.4 Å². The van der Waals surface area contributed by atoms with E-state index < -0.39 is 37.0 Å². The van der Waals surface area contributed by atoms with E-state index in [1.165, 1.54) is 6.07 Å². The number of amides is 1. The number of aromatic nitrogens is 2. The highest BCUT2D eigenvalue weighted by molar-refractivity contribution is 6.90. The van der Waals surface area contributed by atoms with E-state index in [0.29, 0.717) is 75.8 Å². The fourth-order valence-electron chi connectivity index (χ4n) is 12.7. The summed E-state index contributed by atoms with van der Waals surface area (Å²) in [6.45, 7) is 21.0. The summed E-state index contributed by atoms with van der Waals surface area (Å²) >= 11 is 0. The van der Waals surface area contributed by atoms with Gasteiger partial charge in [-0.3, -0.25) is 9.80 Å². The van der Waals surface area contributed by atoms with Gasteiger partial charge in [0, 0.05) is 35.8 Å². The van der Waals surface area contributed by atoms with Crippen molar-refractivity contribution >= 4 is 41.7 Å². The zero-order chi connectivity index (χ0) is 44.7. The maximum Gasteiger partial charge on any atom is 0.410 e. The molecule has 63 heavy (non-hydrogen) atoms. The summed E-state index contributed by atoms with van der Waals surface area (Å²) in [6.07, 6.45) is 4.79. The number of aryl methyl sites for hydroxylation is 1. The summed E-state index contributed by atoms with van der Waals surface area (Å²) < 4.78 is 61.8. The van der Waals surface area contributed by atoms with Gasteiger partial charge in [0.25, 0.3) is 0 Å². The lowest BCUT2D eigenvalue weighted by atomic mass is 9.88. The van der Waals surface area contributed by atoms with Crippen LogP contribution in [0.2, 0.25) is 16.6 Å². The van der Waals surface area contributed by atoms with E-state index in [1.54, 1.807) is 6.07 Å². The number of ether oxygens (including phenoxy) is 2. The number of nitrogens with zero attached hydrogens (tertiary/aromatic N) is 5. The van der Waals surface area contributed by atoms with E-state index in [0.717, 1.165) is 56.0 Å². The van der Waals surface area contributed by atoms with E-state index in [9.17, 15) is 9.18 Å². The van der Waals surface area contributed by atoms with Gasteiger partial charge in [0.15, 0.2) is 5.82 Å². The zero-order valence-corrected chi connectivity index (χ0v) is 39.6. The third-order valence-corrected chi connectivity index (χ3v) is 21.6. The highest BCUT2D eigenvalue weighted by atomic mass is 28.3. The van der Waals surface area contributed by atoms with Crippen molar-refractivity contribution in [2.45, 2.75) is 166 Å². The predicted molar refractivity (Wildman–Crippen MR) is 248 cm³/mol. The summed E-state index contributed by atoms with van der Waals surface area (Å²) in [5, 5.41) is 2.00. The second-order valence-corrected chi connectivity index (χ2v) is 26.7. The molecule has 8 nitrogen and oxygen atoms in total. The molecule has 2 bridgehead atoms. The predicted octanol–water partition coefficient (Wildman–Crippen LogP) is 11.5. The van der Waals surface area contributed by atoms with Crippen LogP contribution in [0.25, 0.3) is 32.8 Å². The van der Waals surface area contributed by atoms with E-state index in [-0.39, 0.29) is 42.4 Å². The normalized spacial score (nSPS) is 24.8. The Balaban J connectivity index is 1.22. The monoisotopic (exact) mass is 879 g/mol. The van der Waals surface area contributed by atoms with Gasteiger partial charge in [-0.25, -0.2) is 18.0 Å². The molecule has 4 aromatic rings. The molecule has 336 valence electrons.